The van der Waals surface area contributed by atoms with Gasteiger partial charge in [-0.25, -0.2) is 0 Å². The molecular formula is C15H20N2O5. The maximum Gasteiger partial charge on any atom is 0.311 e. The van der Waals surface area contributed by atoms with Gasteiger partial charge < -0.3 is 9.64 Å². The van der Waals surface area contributed by atoms with Crippen LogP contribution in [0.5, 0.6) is 5.75 Å². The second-order valence-electron chi connectivity index (χ2n) is 4.77. The van der Waals surface area contributed by atoms with Gasteiger partial charge in [0.1, 0.15) is 6.29 Å². The smallest absolute Gasteiger partial charge is 0.311 e. The number of nitro groups is 1. The summed E-state index contributed by atoms with van der Waals surface area (Å²) in [5.41, 5.74) is -0.140. The van der Waals surface area contributed by atoms with Crippen molar-refractivity contribution in [2.24, 2.45) is 0 Å². The fourth-order valence-corrected chi connectivity index (χ4v) is 2.00. The minimum atomic E-state index is -0.636. The van der Waals surface area contributed by atoms with Gasteiger partial charge >= 0.3 is 5.69 Å². The Labute approximate surface area is 129 Å². The highest BCUT2D eigenvalue weighted by molar-refractivity contribution is 5.79. The second-order valence-corrected chi connectivity index (χ2v) is 4.77. The van der Waals surface area contributed by atoms with Gasteiger partial charge in [-0.15, -0.1) is 0 Å². The largest absolute Gasteiger partial charge is 0.477 e. The lowest BCUT2D eigenvalue weighted by molar-refractivity contribution is -0.385. The molecule has 0 spiro atoms. The van der Waals surface area contributed by atoms with Crippen LogP contribution in [0.2, 0.25) is 0 Å². The highest BCUT2D eigenvalue weighted by atomic mass is 16.6. The Kier molecular flexibility index (Phi) is 7.01. The fraction of sp³-hybridized carbons (Fsp3) is 0.467. The number of hydrogen-bond donors (Lipinski definition) is 0. The summed E-state index contributed by atoms with van der Waals surface area (Å²) >= 11 is 0. The van der Waals surface area contributed by atoms with Crippen LogP contribution in [0.25, 0.3) is 0 Å². The molecule has 0 aliphatic rings. The van der Waals surface area contributed by atoms with E-state index in [1.165, 1.54) is 12.1 Å². The van der Waals surface area contributed by atoms with Crippen LogP contribution in [-0.2, 0) is 4.79 Å². The molecule has 120 valence electrons. The average molecular weight is 308 g/mol. The van der Waals surface area contributed by atoms with Crippen molar-refractivity contribution in [1.29, 1.82) is 0 Å². The molecule has 1 rings (SSSR count). The number of carbonyl (C=O) groups excluding carboxylic acids is 2. The monoisotopic (exact) mass is 308 g/mol. The van der Waals surface area contributed by atoms with Crippen LogP contribution in [0.1, 0.15) is 37.0 Å². The third kappa shape index (κ3) is 4.83. The first-order valence-corrected chi connectivity index (χ1v) is 7.17. The van der Waals surface area contributed by atoms with Crippen LogP contribution < -0.4 is 4.74 Å². The lowest BCUT2D eigenvalue weighted by Gasteiger charge is -2.21. The van der Waals surface area contributed by atoms with Crippen LogP contribution in [0.4, 0.5) is 5.69 Å². The molecule has 1 aromatic carbocycles. The zero-order valence-corrected chi connectivity index (χ0v) is 12.8. The Bertz CT molecular complexity index is 539. The first kappa shape index (κ1) is 17.6. The summed E-state index contributed by atoms with van der Waals surface area (Å²) < 4.78 is 5.28. The Hall–Kier alpha value is -2.44. The van der Waals surface area contributed by atoms with Crippen LogP contribution in [0.3, 0.4) is 0 Å². The van der Waals surface area contributed by atoms with E-state index in [9.17, 15) is 19.7 Å². The molecule has 0 unspecified atom stereocenters. The van der Waals surface area contributed by atoms with E-state index in [1.807, 2.05) is 13.8 Å². The van der Waals surface area contributed by atoms with Crippen LogP contribution in [-0.4, -0.2) is 41.7 Å². The molecule has 0 radical (unpaired) electrons. The third-order valence-electron chi connectivity index (χ3n) is 3.01. The summed E-state index contributed by atoms with van der Waals surface area (Å²) in [6.45, 7) is 4.94. The average Bonchev–Trinajstić information content (AvgIpc) is 2.52. The maximum absolute atomic E-state index is 12.1. The second kappa shape index (κ2) is 8.76. The summed E-state index contributed by atoms with van der Waals surface area (Å²) in [7, 11) is 0. The molecular weight excluding hydrogens is 288 g/mol. The van der Waals surface area contributed by atoms with Crippen LogP contribution >= 0.6 is 0 Å². The van der Waals surface area contributed by atoms with Crippen molar-refractivity contribution < 1.29 is 19.2 Å². The zero-order chi connectivity index (χ0) is 16.5. The van der Waals surface area contributed by atoms with Gasteiger partial charge in [0, 0.05) is 24.7 Å². The van der Waals surface area contributed by atoms with Crippen LogP contribution in [0, 0.1) is 10.1 Å². The van der Waals surface area contributed by atoms with Crippen molar-refractivity contribution in [3.8, 4) is 5.75 Å². The van der Waals surface area contributed by atoms with E-state index < -0.39 is 4.92 Å². The van der Waals surface area contributed by atoms with Gasteiger partial charge in [-0.3, -0.25) is 19.7 Å². The zero-order valence-electron chi connectivity index (χ0n) is 12.8. The molecule has 0 bridgehead atoms. The Morgan fingerprint density at radius 3 is 2.45 bits per heavy atom. The van der Waals surface area contributed by atoms with E-state index in [0.717, 1.165) is 18.9 Å². The third-order valence-corrected chi connectivity index (χ3v) is 3.01. The van der Waals surface area contributed by atoms with Gasteiger partial charge in [-0.1, -0.05) is 13.8 Å². The van der Waals surface area contributed by atoms with Gasteiger partial charge in [-0.2, -0.15) is 0 Å². The van der Waals surface area contributed by atoms with Gasteiger partial charge in [0.2, 0.25) is 0 Å². The van der Waals surface area contributed by atoms with Crippen molar-refractivity contribution in [2.45, 2.75) is 26.7 Å². The van der Waals surface area contributed by atoms with E-state index >= 15 is 0 Å². The fourth-order valence-electron chi connectivity index (χ4n) is 2.00. The van der Waals surface area contributed by atoms with Crippen molar-refractivity contribution >= 4 is 17.9 Å². The van der Waals surface area contributed by atoms with Crippen molar-refractivity contribution in [3.05, 3.63) is 33.9 Å². The number of aldehydes is 1. The summed E-state index contributed by atoms with van der Waals surface area (Å²) in [6.07, 6.45) is 2.19. The molecule has 0 fully saturated rings. The maximum atomic E-state index is 12.1. The molecule has 0 saturated carbocycles. The van der Waals surface area contributed by atoms with Gasteiger partial charge in [0.05, 0.1) is 4.92 Å². The number of amides is 1. The molecule has 0 atom stereocenters. The summed E-state index contributed by atoms with van der Waals surface area (Å²) in [5.74, 6) is -0.227. The van der Waals surface area contributed by atoms with Gasteiger partial charge in [0.25, 0.3) is 5.91 Å². The van der Waals surface area contributed by atoms with E-state index in [-0.39, 0.29) is 29.5 Å². The molecule has 22 heavy (non-hydrogen) atoms. The molecule has 0 N–H and O–H groups in total. The molecule has 7 heteroatoms. The number of nitro benzene ring substituents is 1. The lowest BCUT2D eigenvalue weighted by atomic mass is 10.2. The molecule has 7 nitrogen and oxygen atoms in total. The van der Waals surface area contributed by atoms with Crippen molar-refractivity contribution in [3.63, 3.8) is 0 Å². The first-order valence-electron chi connectivity index (χ1n) is 7.17. The Morgan fingerprint density at radius 1 is 1.32 bits per heavy atom. The number of hydrogen-bond acceptors (Lipinski definition) is 5. The summed E-state index contributed by atoms with van der Waals surface area (Å²) in [5, 5.41) is 11.0. The van der Waals surface area contributed by atoms with Gasteiger partial charge in [0.15, 0.2) is 12.4 Å². The number of carbonyl (C=O) groups is 2. The van der Waals surface area contributed by atoms with Crippen molar-refractivity contribution in [1.82, 2.24) is 4.90 Å². The topological polar surface area (TPSA) is 89.8 Å². The molecule has 0 aliphatic heterocycles. The van der Waals surface area contributed by atoms with E-state index in [4.69, 9.17) is 4.74 Å². The normalized spacial score (nSPS) is 10.1. The quantitative estimate of drug-likeness (QED) is 0.397. The van der Waals surface area contributed by atoms with Gasteiger partial charge in [-0.05, 0) is 25.0 Å². The summed E-state index contributed by atoms with van der Waals surface area (Å²) in [6, 6.07) is 3.87. The molecule has 0 heterocycles. The standard InChI is InChI=1S/C15H20N2O5/c1-3-7-16(8-4-2)15(19)11-22-14-6-5-12(10-18)9-13(14)17(20)21/h5-6,9-10H,3-4,7-8,11H2,1-2H3. The SMILES string of the molecule is CCCN(CCC)C(=O)COc1ccc(C=O)cc1[N+](=O)[O-]. The Balaban J connectivity index is 2.80. The first-order chi connectivity index (χ1) is 10.5. The number of benzene rings is 1. The lowest BCUT2D eigenvalue weighted by Crippen LogP contribution is -2.36. The molecule has 0 saturated heterocycles. The Morgan fingerprint density at radius 2 is 1.95 bits per heavy atom. The minimum Gasteiger partial charge on any atom is -0.477 e. The molecule has 1 amide bonds. The number of nitrogens with zero attached hydrogens (tertiary/aromatic N) is 2. The summed E-state index contributed by atoms with van der Waals surface area (Å²) in [4.78, 5) is 34.8. The highest BCUT2D eigenvalue weighted by Crippen LogP contribution is 2.27. The number of rotatable bonds is 9. The van der Waals surface area contributed by atoms with Crippen molar-refractivity contribution in [2.75, 3.05) is 19.7 Å². The molecule has 0 aromatic heterocycles. The number of ether oxygens (including phenoxy) is 1. The predicted molar refractivity (Wildman–Crippen MR) is 81.1 cm³/mol. The van der Waals surface area contributed by atoms with E-state index in [2.05, 4.69) is 0 Å². The minimum absolute atomic E-state index is 0.0168. The molecule has 0 aliphatic carbocycles. The van der Waals surface area contributed by atoms with Crippen LogP contribution in [0.15, 0.2) is 18.2 Å². The predicted octanol–water partition coefficient (Wildman–Crippen LogP) is 2.43. The van der Waals surface area contributed by atoms with E-state index in [1.54, 1.807) is 4.90 Å². The molecule has 1 aromatic rings. The van der Waals surface area contributed by atoms with E-state index in [0.29, 0.717) is 19.4 Å². The highest BCUT2D eigenvalue weighted by Gasteiger charge is 2.18.